The van der Waals surface area contributed by atoms with E-state index in [4.69, 9.17) is 4.74 Å². The van der Waals surface area contributed by atoms with E-state index >= 15 is 0 Å². The van der Waals surface area contributed by atoms with Gasteiger partial charge in [-0.3, -0.25) is 9.69 Å². The van der Waals surface area contributed by atoms with E-state index in [-0.39, 0.29) is 11.9 Å². The maximum Gasteiger partial charge on any atom is 0.221 e. The maximum absolute atomic E-state index is 12.3. The smallest absolute Gasteiger partial charge is 0.221 e. The molecule has 0 spiro atoms. The van der Waals surface area contributed by atoms with Gasteiger partial charge in [-0.1, -0.05) is 29.8 Å². The molecule has 2 unspecified atom stereocenters. The Kier molecular flexibility index (Phi) is 6.24. The summed E-state index contributed by atoms with van der Waals surface area (Å²) in [7, 11) is 0. The predicted molar refractivity (Wildman–Crippen MR) is 95.0 cm³/mol. The van der Waals surface area contributed by atoms with Crippen molar-refractivity contribution in [3.05, 3.63) is 35.4 Å². The molecule has 1 amide bonds. The lowest BCUT2D eigenvalue weighted by Crippen LogP contribution is -2.44. The number of morpholine rings is 1. The van der Waals surface area contributed by atoms with Gasteiger partial charge in [0.1, 0.15) is 0 Å². The van der Waals surface area contributed by atoms with Crippen molar-refractivity contribution >= 4 is 5.91 Å². The van der Waals surface area contributed by atoms with Crippen LogP contribution in [-0.4, -0.2) is 56.2 Å². The van der Waals surface area contributed by atoms with Crippen molar-refractivity contribution in [3.8, 4) is 0 Å². The van der Waals surface area contributed by atoms with Crippen molar-refractivity contribution < 1.29 is 9.53 Å². The fourth-order valence-corrected chi connectivity index (χ4v) is 3.66. The quantitative estimate of drug-likeness (QED) is 0.832. The lowest BCUT2D eigenvalue weighted by atomic mass is 10.0. The summed E-state index contributed by atoms with van der Waals surface area (Å²) in [6.07, 6.45) is 2.87. The standard InChI is InChI=1S/C19H29N3O2/c1-15-4-2-5-16(12-15)18(22-8-10-24-11-9-22)14-21-19(23)13-17-6-3-7-20-17/h2,4-5,12,17-18,20H,3,6-11,13-14H2,1H3,(H,21,23). The molecule has 5 heteroatoms. The molecular weight excluding hydrogens is 302 g/mol. The molecule has 2 aliphatic heterocycles. The van der Waals surface area contributed by atoms with Crippen LogP contribution < -0.4 is 10.6 Å². The van der Waals surface area contributed by atoms with Crippen LogP contribution in [0.2, 0.25) is 0 Å². The molecule has 5 nitrogen and oxygen atoms in total. The molecule has 2 fully saturated rings. The molecule has 1 aromatic rings. The van der Waals surface area contributed by atoms with Crippen LogP contribution in [0.15, 0.2) is 24.3 Å². The average Bonchev–Trinajstić information content (AvgIpc) is 3.09. The van der Waals surface area contributed by atoms with Gasteiger partial charge in [-0.15, -0.1) is 0 Å². The molecule has 0 saturated carbocycles. The van der Waals surface area contributed by atoms with E-state index in [1.165, 1.54) is 17.5 Å². The number of amides is 1. The van der Waals surface area contributed by atoms with E-state index in [2.05, 4.69) is 46.7 Å². The molecule has 2 aliphatic rings. The first kappa shape index (κ1) is 17.4. The Morgan fingerprint density at radius 2 is 2.25 bits per heavy atom. The third kappa shape index (κ3) is 4.79. The van der Waals surface area contributed by atoms with E-state index in [0.29, 0.717) is 19.0 Å². The summed E-state index contributed by atoms with van der Waals surface area (Å²) >= 11 is 0. The van der Waals surface area contributed by atoms with Gasteiger partial charge in [-0.05, 0) is 31.9 Å². The van der Waals surface area contributed by atoms with Gasteiger partial charge in [-0.25, -0.2) is 0 Å². The average molecular weight is 331 g/mol. The van der Waals surface area contributed by atoms with Crippen molar-refractivity contribution in [3.63, 3.8) is 0 Å². The molecule has 2 N–H and O–H groups in total. The van der Waals surface area contributed by atoms with Gasteiger partial charge in [0, 0.05) is 32.1 Å². The van der Waals surface area contributed by atoms with Gasteiger partial charge < -0.3 is 15.4 Å². The van der Waals surface area contributed by atoms with E-state index in [0.717, 1.165) is 39.3 Å². The minimum atomic E-state index is 0.153. The van der Waals surface area contributed by atoms with Crippen molar-refractivity contribution in [2.75, 3.05) is 39.4 Å². The molecule has 24 heavy (non-hydrogen) atoms. The third-order valence-electron chi connectivity index (χ3n) is 5.00. The Labute approximate surface area is 144 Å². The van der Waals surface area contributed by atoms with Crippen LogP contribution in [0.5, 0.6) is 0 Å². The highest BCUT2D eigenvalue weighted by Gasteiger charge is 2.24. The van der Waals surface area contributed by atoms with Crippen LogP contribution in [0.3, 0.4) is 0 Å². The third-order valence-corrected chi connectivity index (χ3v) is 5.00. The molecule has 0 aromatic heterocycles. The zero-order valence-electron chi connectivity index (χ0n) is 14.6. The van der Waals surface area contributed by atoms with Crippen LogP contribution in [0, 0.1) is 6.92 Å². The van der Waals surface area contributed by atoms with Gasteiger partial charge in [0.25, 0.3) is 0 Å². The second-order valence-electron chi connectivity index (χ2n) is 6.88. The molecule has 2 atom stereocenters. The van der Waals surface area contributed by atoms with Crippen molar-refractivity contribution in [2.45, 2.75) is 38.3 Å². The summed E-state index contributed by atoms with van der Waals surface area (Å²) in [5.41, 5.74) is 2.53. The lowest BCUT2D eigenvalue weighted by molar-refractivity contribution is -0.121. The minimum absolute atomic E-state index is 0.153. The van der Waals surface area contributed by atoms with E-state index in [1.807, 2.05) is 0 Å². The van der Waals surface area contributed by atoms with Crippen LogP contribution in [0.4, 0.5) is 0 Å². The van der Waals surface area contributed by atoms with E-state index < -0.39 is 0 Å². The number of carbonyl (C=O) groups excluding carboxylic acids is 1. The Morgan fingerprint density at radius 3 is 2.96 bits per heavy atom. The second kappa shape index (κ2) is 8.60. The largest absolute Gasteiger partial charge is 0.379 e. The first-order valence-corrected chi connectivity index (χ1v) is 9.11. The predicted octanol–water partition coefficient (Wildman–Crippen LogP) is 1.63. The number of nitrogens with zero attached hydrogens (tertiary/aromatic N) is 1. The van der Waals surface area contributed by atoms with E-state index in [9.17, 15) is 4.79 Å². The molecule has 0 bridgehead atoms. The zero-order valence-corrected chi connectivity index (χ0v) is 14.6. The van der Waals surface area contributed by atoms with Crippen LogP contribution in [-0.2, 0) is 9.53 Å². The van der Waals surface area contributed by atoms with Crippen LogP contribution >= 0.6 is 0 Å². The highest BCUT2D eigenvalue weighted by atomic mass is 16.5. The number of hydrogen-bond acceptors (Lipinski definition) is 4. The fourth-order valence-electron chi connectivity index (χ4n) is 3.66. The number of rotatable bonds is 6. The van der Waals surface area contributed by atoms with Gasteiger partial charge >= 0.3 is 0 Å². The van der Waals surface area contributed by atoms with Crippen LogP contribution in [0.25, 0.3) is 0 Å². The minimum Gasteiger partial charge on any atom is -0.379 e. The lowest BCUT2D eigenvalue weighted by Gasteiger charge is -2.35. The SMILES string of the molecule is Cc1cccc(C(CNC(=O)CC2CCCN2)N2CCOCC2)c1. The molecule has 0 aliphatic carbocycles. The van der Waals surface area contributed by atoms with E-state index in [1.54, 1.807) is 0 Å². The maximum atomic E-state index is 12.3. The van der Waals surface area contributed by atoms with Gasteiger partial charge in [-0.2, -0.15) is 0 Å². The first-order chi connectivity index (χ1) is 11.7. The molecule has 2 saturated heterocycles. The number of nitrogens with one attached hydrogen (secondary N) is 2. The van der Waals surface area contributed by atoms with Crippen molar-refractivity contribution in [2.24, 2.45) is 0 Å². The topological polar surface area (TPSA) is 53.6 Å². The first-order valence-electron chi connectivity index (χ1n) is 9.11. The van der Waals surface area contributed by atoms with Gasteiger partial charge in [0.05, 0.1) is 19.3 Å². The number of ether oxygens (including phenoxy) is 1. The molecule has 3 rings (SSSR count). The molecule has 0 radical (unpaired) electrons. The molecule has 1 aromatic carbocycles. The number of hydrogen-bond donors (Lipinski definition) is 2. The fraction of sp³-hybridized carbons (Fsp3) is 0.632. The molecule has 2 heterocycles. The summed E-state index contributed by atoms with van der Waals surface area (Å²) in [5, 5.41) is 6.55. The van der Waals surface area contributed by atoms with Crippen LogP contribution in [0.1, 0.15) is 36.4 Å². The van der Waals surface area contributed by atoms with Crippen molar-refractivity contribution in [1.82, 2.24) is 15.5 Å². The number of aryl methyl sites for hydroxylation is 1. The number of carbonyl (C=O) groups is 1. The Balaban J connectivity index is 1.61. The van der Waals surface area contributed by atoms with Crippen molar-refractivity contribution in [1.29, 1.82) is 0 Å². The normalized spacial score (nSPS) is 23.1. The summed E-state index contributed by atoms with van der Waals surface area (Å²) in [5.74, 6) is 0.153. The Hall–Kier alpha value is -1.43. The Bertz CT molecular complexity index is 537. The second-order valence-corrected chi connectivity index (χ2v) is 6.88. The summed E-state index contributed by atoms with van der Waals surface area (Å²) in [4.78, 5) is 14.7. The summed E-state index contributed by atoms with van der Waals surface area (Å²) in [6.45, 7) is 7.18. The Morgan fingerprint density at radius 1 is 1.42 bits per heavy atom. The summed E-state index contributed by atoms with van der Waals surface area (Å²) < 4.78 is 5.49. The zero-order chi connectivity index (χ0) is 16.8. The monoisotopic (exact) mass is 331 g/mol. The number of benzene rings is 1. The highest BCUT2D eigenvalue weighted by molar-refractivity contribution is 5.76. The van der Waals surface area contributed by atoms with Gasteiger partial charge in [0.2, 0.25) is 5.91 Å². The van der Waals surface area contributed by atoms with Gasteiger partial charge in [0.15, 0.2) is 0 Å². The highest BCUT2D eigenvalue weighted by Crippen LogP contribution is 2.22. The molecule has 132 valence electrons. The molecular formula is C19H29N3O2. The summed E-state index contributed by atoms with van der Waals surface area (Å²) in [6, 6.07) is 9.18.